The van der Waals surface area contributed by atoms with Crippen molar-refractivity contribution in [2.75, 3.05) is 7.11 Å². The minimum Gasteiger partial charge on any atom is -0.497 e. The first-order valence-corrected chi connectivity index (χ1v) is 9.36. The molecule has 0 bridgehead atoms. The summed E-state index contributed by atoms with van der Waals surface area (Å²) in [5.41, 5.74) is 7.44. The van der Waals surface area contributed by atoms with E-state index in [9.17, 15) is 0 Å². The van der Waals surface area contributed by atoms with E-state index in [1.807, 2.05) is 80.4 Å². The van der Waals surface area contributed by atoms with Crippen LogP contribution in [0.5, 0.6) is 5.75 Å². The van der Waals surface area contributed by atoms with Crippen LogP contribution in [0.3, 0.4) is 0 Å². The van der Waals surface area contributed by atoms with Gasteiger partial charge < -0.3 is 4.74 Å². The van der Waals surface area contributed by atoms with Crippen molar-refractivity contribution in [1.29, 1.82) is 0 Å². The highest BCUT2D eigenvalue weighted by molar-refractivity contribution is 5.94. The highest BCUT2D eigenvalue weighted by Crippen LogP contribution is 2.22. The van der Waals surface area contributed by atoms with E-state index in [0.717, 1.165) is 34.1 Å². The Morgan fingerprint density at radius 3 is 2.50 bits per heavy atom. The molecule has 0 spiro atoms. The van der Waals surface area contributed by atoms with Crippen LogP contribution >= 0.6 is 0 Å². The second-order valence-electron chi connectivity index (χ2n) is 6.14. The Morgan fingerprint density at radius 1 is 1.14 bits per heavy atom. The number of nitrogens with zero attached hydrogens (tertiary/aromatic N) is 2. The van der Waals surface area contributed by atoms with Crippen molar-refractivity contribution < 1.29 is 4.74 Å². The number of allylic oxidation sites excluding steroid dienone is 7. The normalized spacial score (nSPS) is 17.1. The molecule has 0 aliphatic carbocycles. The molecule has 1 aliphatic heterocycles. The molecule has 1 heterocycles. The van der Waals surface area contributed by atoms with Gasteiger partial charge in [0.15, 0.2) is 0 Å². The van der Waals surface area contributed by atoms with Crippen LogP contribution in [0.2, 0.25) is 0 Å². The highest BCUT2D eigenvalue weighted by atomic mass is 16.5. The average molecular weight is 376 g/mol. The molecule has 0 saturated carbocycles. The zero-order valence-electron chi connectivity index (χ0n) is 17.1. The van der Waals surface area contributed by atoms with Crippen LogP contribution in [0.15, 0.2) is 101 Å². The van der Waals surface area contributed by atoms with Crippen molar-refractivity contribution in [3.63, 3.8) is 0 Å². The molecule has 0 radical (unpaired) electrons. The minimum atomic E-state index is 0.582. The molecule has 1 aromatic carbocycles. The average Bonchev–Trinajstić information content (AvgIpc) is 2.73. The Labute approximate surface area is 168 Å². The molecule has 1 N–H and O–H groups in total. The van der Waals surface area contributed by atoms with Gasteiger partial charge >= 0.3 is 0 Å². The van der Waals surface area contributed by atoms with E-state index in [1.165, 1.54) is 0 Å². The molecule has 2 rings (SSSR count). The van der Waals surface area contributed by atoms with E-state index >= 15 is 0 Å². The lowest BCUT2D eigenvalue weighted by Gasteiger charge is -2.32. The Balaban J connectivity index is 2.21. The largest absolute Gasteiger partial charge is 0.497 e. The van der Waals surface area contributed by atoms with Gasteiger partial charge in [-0.2, -0.15) is 0 Å². The van der Waals surface area contributed by atoms with Crippen molar-refractivity contribution in [3.8, 4) is 5.75 Å². The number of aliphatic imine (C=N–C) groups is 1. The van der Waals surface area contributed by atoms with Gasteiger partial charge in [-0.3, -0.25) is 15.4 Å². The van der Waals surface area contributed by atoms with Crippen LogP contribution in [0.25, 0.3) is 0 Å². The van der Waals surface area contributed by atoms with E-state index in [0.29, 0.717) is 6.54 Å². The number of hydrazine groups is 1. The fourth-order valence-corrected chi connectivity index (χ4v) is 2.71. The molecule has 0 saturated heterocycles. The van der Waals surface area contributed by atoms with Crippen LogP contribution < -0.4 is 10.2 Å². The monoisotopic (exact) mass is 375 g/mol. The van der Waals surface area contributed by atoms with Gasteiger partial charge in [0.1, 0.15) is 11.6 Å². The number of nitrogens with one attached hydrogen (secondary N) is 1. The van der Waals surface area contributed by atoms with Crippen LogP contribution in [0.1, 0.15) is 26.3 Å². The Kier molecular flexibility index (Phi) is 8.10. The van der Waals surface area contributed by atoms with Crippen LogP contribution in [-0.4, -0.2) is 18.0 Å². The lowest BCUT2D eigenvalue weighted by atomic mass is 10.1. The predicted molar refractivity (Wildman–Crippen MR) is 119 cm³/mol. The third-order valence-corrected chi connectivity index (χ3v) is 4.16. The summed E-state index contributed by atoms with van der Waals surface area (Å²) in [5, 5.41) is 1.96. The molecule has 0 atom stereocenters. The summed E-state index contributed by atoms with van der Waals surface area (Å²) in [7, 11) is 1.67. The summed E-state index contributed by atoms with van der Waals surface area (Å²) >= 11 is 0. The van der Waals surface area contributed by atoms with Gasteiger partial charge in [-0.05, 0) is 56.2 Å². The lowest BCUT2D eigenvalue weighted by Crippen LogP contribution is -2.42. The molecule has 146 valence electrons. The molecule has 0 aromatic heterocycles. The summed E-state index contributed by atoms with van der Waals surface area (Å²) in [4.78, 5) is 4.69. The maximum absolute atomic E-state index is 5.20. The molecule has 0 amide bonds. The first kappa shape index (κ1) is 21.0. The topological polar surface area (TPSA) is 36.9 Å². The molecule has 28 heavy (non-hydrogen) atoms. The van der Waals surface area contributed by atoms with Crippen molar-refractivity contribution in [2.24, 2.45) is 4.99 Å². The first-order chi connectivity index (χ1) is 13.6. The van der Waals surface area contributed by atoms with Crippen LogP contribution in [-0.2, 0) is 6.54 Å². The molecule has 0 fully saturated rings. The smallest absolute Gasteiger partial charge is 0.140 e. The van der Waals surface area contributed by atoms with Crippen molar-refractivity contribution in [3.05, 3.63) is 102 Å². The minimum absolute atomic E-state index is 0.582. The van der Waals surface area contributed by atoms with Crippen molar-refractivity contribution in [2.45, 2.75) is 27.3 Å². The van der Waals surface area contributed by atoms with Crippen LogP contribution in [0, 0.1) is 0 Å². The number of methoxy groups -OCH3 is 1. The van der Waals surface area contributed by atoms with Gasteiger partial charge in [-0.25, -0.2) is 0 Å². The van der Waals surface area contributed by atoms with E-state index in [1.54, 1.807) is 7.11 Å². The fraction of sp³-hybridized carbons (Fsp3) is 0.208. The van der Waals surface area contributed by atoms with E-state index in [2.05, 4.69) is 30.2 Å². The van der Waals surface area contributed by atoms with Crippen molar-refractivity contribution >= 4 is 5.84 Å². The van der Waals surface area contributed by atoms with E-state index in [-0.39, 0.29) is 0 Å². The second-order valence-corrected chi connectivity index (χ2v) is 6.14. The van der Waals surface area contributed by atoms with Crippen LogP contribution in [0.4, 0.5) is 0 Å². The standard InChI is InChI=1S/C24H29N3O/c1-6-9-11-21(10-7-2)23(8-3)27-19(4)12-17-24(26-27)25-18-20-13-15-22(28-5)16-14-20/h6-17H,4,18H2,1-3,5H3,(H,25,26)/b9-6+,10-7-,21-11+,23-8-. The third kappa shape index (κ3) is 5.61. The Morgan fingerprint density at radius 2 is 1.89 bits per heavy atom. The van der Waals surface area contributed by atoms with Crippen molar-refractivity contribution in [1.82, 2.24) is 10.4 Å². The lowest BCUT2D eigenvalue weighted by molar-refractivity contribution is 0.397. The van der Waals surface area contributed by atoms with Gasteiger partial charge in [0, 0.05) is 0 Å². The third-order valence-electron chi connectivity index (χ3n) is 4.16. The molecule has 0 unspecified atom stereocenters. The Bertz CT molecular complexity index is 852. The van der Waals surface area contributed by atoms with E-state index in [4.69, 9.17) is 9.73 Å². The number of hydrogen-bond donors (Lipinski definition) is 1. The number of rotatable bonds is 7. The Hall–Kier alpha value is -3.27. The summed E-state index contributed by atoms with van der Waals surface area (Å²) in [5.74, 6) is 1.63. The SMILES string of the molecule is C=C1C=CC(=NCc2ccc(OC)cc2)NN1C(=C\C)/C(/C=C\C)=C/C=C/C. The van der Waals surface area contributed by atoms with E-state index < -0.39 is 0 Å². The maximum Gasteiger partial charge on any atom is 0.140 e. The summed E-state index contributed by atoms with van der Waals surface area (Å²) in [6.45, 7) is 10.8. The zero-order chi connectivity index (χ0) is 20.4. The fourth-order valence-electron chi connectivity index (χ4n) is 2.71. The number of amidine groups is 1. The second kappa shape index (κ2) is 10.8. The highest BCUT2D eigenvalue weighted by Gasteiger charge is 2.18. The van der Waals surface area contributed by atoms with Gasteiger partial charge in [-0.1, -0.05) is 55.2 Å². The molecular weight excluding hydrogens is 346 g/mol. The number of benzene rings is 1. The molecular formula is C24H29N3O. The summed E-state index contributed by atoms with van der Waals surface area (Å²) in [6, 6.07) is 7.93. The summed E-state index contributed by atoms with van der Waals surface area (Å²) in [6.07, 6.45) is 16.2. The quantitative estimate of drug-likeness (QED) is 0.642. The molecule has 1 aliphatic rings. The number of hydrogen-bond acceptors (Lipinski definition) is 3. The molecule has 4 nitrogen and oxygen atoms in total. The van der Waals surface area contributed by atoms with Gasteiger partial charge in [0.2, 0.25) is 0 Å². The maximum atomic E-state index is 5.20. The first-order valence-electron chi connectivity index (χ1n) is 9.36. The molecule has 1 aromatic rings. The predicted octanol–water partition coefficient (Wildman–Crippen LogP) is 5.47. The number of ether oxygens (including phenoxy) is 1. The van der Waals surface area contributed by atoms with Gasteiger partial charge in [-0.15, -0.1) is 0 Å². The summed E-state index contributed by atoms with van der Waals surface area (Å²) < 4.78 is 5.20. The zero-order valence-corrected chi connectivity index (χ0v) is 17.1. The van der Waals surface area contributed by atoms with Gasteiger partial charge in [0.05, 0.1) is 25.0 Å². The van der Waals surface area contributed by atoms with Gasteiger partial charge in [0.25, 0.3) is 0 Å². The molecule has 4 heteroatoms.